The van der Waals surface area contributed by atoms with Gasteiger partial charge in [0.05, 0.1) is 18.1 Å². The number of carbonyl (C=O) groups is 2. The second-order valence-corrected chi connectivity index (χ2v) is 6.55. The van der Waals surface area contributed by atoms with Gasteiger partial charge in [0.1, 0.15) is 24.4 Å². The van der Waals surface area contributed by atoms with Crippen LogP contribution in [0.1, 0.15) is 22.3 Å². The topological polar surface area (TPSA) is 117 Å². The zero-order chi connectivity index (χ0) is 21.7. The first-order valence-electron chi connectivity index (χ1n) is 9.05. The summed E-state index contributed by atoms with van der Waals surface area (Å²) in [6, 6.07) is 10.2. The van der Waals surface area contributed by atoms with Gasteiger partial charge in [-0.05, 0) is 5.56 Å². The van der Waals surface area contributed by atoms with E-state index in [0.717, 1.165) is 17.7 Å². The van der Waals surface area contributed by atoms with E-state index >= 15 is 0 Å². The van der Waals surface area contributed by atoms with Crippen molar-refractivity contribution in [2.24, 2.45) is 0 Å². The number of nitro groups is 1. The highest BCUT2D eigenvalue weighted by Gasteiger charge is 2.34. The van der Waals surface area contributed by atoms with Crippen LogP contribution in [0.5, 0.6) is 11.5 Å². The average molecular weight is 418 g/mol. The standard InChI is InChI=1S/C20H19FN2O7/c1-28-17-8-14(19(24)30-20(25)15-7-13(21)10-22-15)16(23(26)27)9-18(17)29-11-12-5-3-2-4-6-12/h2-6,8-9,13,15,22H,7,10-11H2,1H3. The third-order valence-electron chi connectivity index (χ3n) is 4.49. The normalized spacial score (nSPS) is 17.9. The molecule has 1 aliphatic heterocycles. The maximum atomic E-state index is 13.2. The molecule has 9 nitrogen and oxygen atoms in total. The van der Waals surface area contributed by atoms with Crippen LogP contribution < -0.4 is 14.8 Å². The summed E-state index contributed by atoms with van der Waals surface area (Å²) in [6.45, 7) is 0.0871. The molecule has 0 bridgehead atoms. The summed E-state index contributed by atoms with van der Waals surface area (Å²) in [5.41, 5.74) is -0.266. The number of hydrogen-bond acceptors (Lipinski definition) is 8. The molecule has 2 atom stereocenters. The van der Waals surface area contributed by atoms with Gasteiger partial charge in [-0.2, -0.15) is 0 Å². The van der Waals surface area contributed by atoms with Crippen molar-refractivity contribution >= 4 is 17.6 Å². The van der Waals surface area contributed by atoms with Gasteiger partial charge >= 0.3 is 11.9 Å². The third-order valence-corrected chi connectivity index (χ3v) is 4.49. The van der Waals surface area contributed by atoms with Gasteiger partial charge in [-0.3, -0.25) is 10.1 Å². The Morgan fingerprint density at radius 1 is 1.23 bits per heavy atom. The molecule has 2 aromatic carbocycles. The molecule has 0 radical (unpaired) electrons. The van der Waals surface area contributed by atoms with Crippen LogP contribution in [-0.4, -0.2) is 42.7 Å². The minimum absolute atomic E-state index is 0.0324. The quantitative estimate of drug-likeness (QED) is 0.316. The SMILES string of the molecule is COc1cc(C(=O)OC(=O)C2CC(F)CN2)c([N+](=O)[O-])cc1OCc1ccccc1. The molecule has 2 unspecified atom stereocenters. The number of benzene rings is 2. The molecule has 0 amide bonds. The van der Waals surface area contributed by atoms with Gasteiger partial charge in [0.15, 0.2) is 11.5 Å². The lowest BCUT2D eigenvalue weighted by Gasteiger charge is -2.13. The number of nitro benzene ring substituents is 1. The first-order valence-corrected chi connectivity index (χ1v) is 9.05. The fourth-order valence-corrected chi connectivity index (χ4v) is 2.96. The second kappa shape index (κ2) is 9.31. The molecule has 1 heterocycles. The lowest BCUT2D eigenvalue weighted by Crippen LogP contribution is -2.33. The zero-order valence-corrected chi connectivity index (χ0v) is 16.0. The summed E-state index contributed by atoms with van der Waals surface area (Å²) in [7, 11) is 1.31. The molecule has 3 rings (SSSR count). The largest absolute Gasteiger partial charge is 0.493 e. The number of halogens is 1. The highest BCUT2D eigenvalue weighted by molar-refractivity contribution is 6.01. The van der Waals surface area contributed by atoms with Gasteiger partial charge in [-0.1, -0.05) is 30.3 Å². The Balaban J connectivity index is 1.82. The number of ether oxygens (including phenoxy) is 3. The maximum Gasteiger partial charge on any atom is 0.353 e. The van der Waals surface area contributed by atoms with Gasteiger partial charge in [0.2, 0.25) is 0 Å². The van der Waals surface area contributed by atoms with E-state index in [9.17, 15) is 24.1 Å². The van der Waals surface area contributed by atoms with Crippen LogP contribution in [0.15, 0.2) is 42.5 Å². The number of methoxy groups -OCH3 is 1. The smallest absolute Gasteiger partial charge is 0.353 e. The van der Waals surface area contributed by atoms with E-state index in [1.165, 1.54) is 7.11 Å². The Labute approximate surface area is 170 Å². The molecule has 0 aliphatic carbocycles. The first-order chi connectivity index (χ1) is 14.4. The van der Waals surface area contributed by atoms with Crippen LogP contribution in [-0.2, 0) is 16.1 Å². The van der Waals surface area contributed by atoms with Gasteiger partial charge in [-0.15, -0.1) is 0 Å². The van der Waals surface area contributed by atoms with Crippen molar-refractivity contribution in [1.29, 1.82) is 0 Å². The van der Waals surface area contributed by atoms with Crippen molar-refractivity contribution in [2.75, 3.05) is 13.7 Å². The summed E-state index contributed by atoms with van der Waals surface area (Å²) in [5, 5.41) is 14.1. The van der Waals surface area contributed by atoms with Gasteiger partial charge in [0.25, 0.3) is 5.69 Å². The molecule has 0 aromatic heterocycles. The van der Waals surface area contributed by atoms with Crippen LogP contribution in [0.3, 0.4) is 0 Å². The first kappa shape index (κ1) is 21.2. The van der Waals surface area contributed by atoms with E-state index in [1.807, 2.05) is 30.3 Å². The highest BCUT2D eigenvalue weighted by Crippen LogP contribution is 2.35. The molecule has 10 heteroatoms. The molecule has 1 fully saturated rings. The summed E-state index contributed by atoms with van der Waals surface area (Å²) >= 11 is 0. The fourth-order valence-electron chi connectivity index (χ4n) is 2.96. The van der Waals surface area contributed by atoms with Gasteiger partial charge in [-0.25, -0.2) is 14.0 Å². The average Bonchev–Trinajstić information content (AvgIpc) is 3.18. The third kappa shape index (κ3) is 4.90. The second-order valence-electron chi connectivity index (χ2n) is 6.55. The number of rotatable bonds is 7. The van der Waals surface area contributed by atoms with E-state index in [-0.39, 0.29) is 31.1 Å². The van der Waals surface area contributed by atoms with Crippen LogP contribution in [0.25, 0.3) is 0 Å². The number of alkyl halides is 1. The summed E-state index contributed by atoms with van der Waals surface area (Å²) in [5.74, 6) is -2.13. The minimum Gasteiger partial charge on any atom is -0.493 e. The van der Waals surface area contributed by atoms with Crippen LogP contribution in [0, 0.1) is 10.1 Å². The summed E-state index contributed by atoms with van der Waals surface area (Å²) in [4.78, 5) is 35.2. The number of nitrogens with zero attached hydrogens (tertiary/aromatic N) is 1. The van der Waals surface area contributed by atoms with Crippen molar-refractivity contribution in [2.45, 2.75) is 25.2 Å². The predicted octanol–water partition coefficient (Wildman–Crippen LogP) is 2.57. The minimum atomic E-state index is -1.23. The number of hydrogen-bond donors (Lipinski definition) is 1. The Hall–Kier alpha value is -3.53. The van der Waals surface area contributed by atoms with E-state index in [0.29, 0.717) is 0 Å². The van der Waals surface area contributed by atoms with Crippen molar-refractivity contribution in [3.8, 4) is 11.5 Å². The van der Waals surface area contributed by atoms with E-state index < -0.39 is 40.3 Å². The summed E-state index contributed by atoms with van der Waals surface area (Å²) in [6.07, 6.45) is -1.36. The van der Waals surface area contributed by atoms with Crippen LogP contribution >= 0.6 is 0 Å². The van der Waals surface area contributed by atoms with Crippen molar-refractivity contribution in [3.05, 3.63) is 63.7 Å². The molecule has 1 N–H and O–H groups in total. The predicted molar refractivity (Wildman–Crippen MR) is 102 cm³/mol. The molecule has 1 saturated heterocycles. The van der Waals surface area contributed by atoms with Crippen LogP contribution in [0.2, 0.25) is 0 Å². The molecular formula is C20H19FN2O7. The summed E-state index contributed by atoms with van der Waals surface area (Å²) < 4.78 is 28.7. The Bertz CT molecular complexity index is 952. The Kier molecular flexibility index (Phi) is 6.58. The number of nitrogens with one attached hydrogen (secondary N) is 1. The van der Waals surface area contributed by atoms with E-state index in [4.69, 9.17) is 14.2 Å². The molecule has 0 saturated carbocycles. The molecule has 2 aromatic rings. The molecule has 0 spiro atoms. The fraction of sp³-hybridized carbons (Fsp3) is 0.300. The Morgan fingerprint density at radius 2 is 1.97 bits per heavy atom. The maximum absolute atomic E-state index is 13.2. The van der Waals surface area contributed by atoms with E-state index in [2.05, 4.69) is 5.32 Å². The van der Waals surface area contributed by atoms with Crippen molar-refractivity contribution in [3.63, 3.8) is 0 Å². The van der Waals surface area contributed by atoms with Gasteiger partial charge < -0.3 is 19.5 Å². The van der Waals surface area contributed by atoms with Crippen LogP contribution in [0.4, 0.5) is 10.1 Å². The molecule has 30 heavy (non-hydrogen) atoms. The van der Waals surface area contributed by atoms with Crippen molar-refractivity contribution in [1.82, 2.24) is 5.32 Å². The van der Waals surface area contributed by atoms with Gasteiger partial charge in [0, 0.05) is 19.0 Å². The molecular weight excluding hydrogens is 399 g/mol. The number of esters is 2. The Morgan fingerprint density at radius 3 is 2.57 bits per heavy atom. The lowest BCUT2D eigenvalue weighted by atomic mass is 10.1. The molecule has 1 aliphatic rings. The number of carbonyl (C=O) groups excluding carboxylic acids is 2. The van der Waals surface area contributed by atoms with Crippen molar-refractivity contribution < 1.29 is 33.1 Å². The zero-order valence-electron chi connectivity index (χ0n) is 16.0. The highest BCUT2D eigenvalue weighted by atomic mass is 19.1. The molecule has 158 valence electrons. The monoisotopic (exact) mass is 418 g/mol. The lowest BCUT2D eigenvalue weighted by molar-refractivity contribution is -0.385. The van der Waals surface area contributed by atoms with E-state index in [1.54, 1.807) is 0 Å².